The molecule has 0 aliphatic heterocycles. The zero-order valence-corrected chi connectivity index (χ0v) is 13.1. The second kappa shape index (κ2) is 4.98. The van der Waals surface area contributed by atoms with Gasteiger partial charge in [-0.25, -0.2) is 4.98 Å². The second-order valence-corrected chi connectivity index (χ2v) is 6.35. The molecule has 0 bridgehead atoms. The molecule has 0 saturated carbocycles. The van der Waals surface area contributed by atoms with Crippen molar-refractivity contribution < 1.29 is 0 Å². The van der Waals surface area contributed by atoms with Crippen molar-refractivity contribution in [1.29, 1.82) is 0 Å². The van der Waals surface area contributed by atoms with Gasteiger partial charge in [0.05, 0.1) is 17.1 Å². The number of nitrogens with one attached hydrogen (secondary N) is 2. The van der Waals surface area contributed by atoms with E-state index in [1.807, 2.05) is 13.0 Å². The van der Waals surface area contributed by atoms with Gasteiger partial charge in [-0.15, -0.1) is 11.3 Å². The third kappa shape index (κ3) is 2.53. The average Bonchev–Trinajstić information content (AvgIpc) is 2.93. The number of aromatic nitrogens is 2. The normalized spacial score (nSPS) is 12.8. The van der Waals surface area contributed by atoms with E-state index in [2.05, 4.69) is 61.7 Å². The van der Waals surface area contributed by atoms with Gasteiger partial charge in [-0.2, -0.15) is 0 Å². The van der Waals surface area contributed by atoms with Gasteiger partial charge in [0.2, 0.25) is 0 Å². The molecule has 1 aromatic carbocycles. The standard InChI is InChI=1S/C14H14BrN3S/c1-8(14-11(15)5-6-19-14)16-10-3-4-12-13(7-10)18-9(2)17-12/h3-8,16H,1-2H3,(H,17,18). The summed E-state index contributed by atoms with van der Waals surface area (Å²) in [4.78, 5) is 8.98. The summed E-state index contributed by atoms with van der Waals surface area (Å²) < 4.78 is 1.16. The molecule has 5 heteroatoms. The minimum absolute atomic E-state index is 0.274. The van der Waals surface area contributed by atoms with Crippen molar-refractivity contribution in [1.82, 2.24) is 9.97 Å². The summed E-state index contributed by atoms with van der Waals surface area (Å²) in [7, 11) is 0. The third-order valence-electron chi connectivity index (χ3n) is 3.02. The van der Waals surface area contributed by atoms with Crippen molar-refractivity contribution in [2.45, 2.75) is 19.9 Å². The van der Waals surface area contributed by atoms with Gasteiger partial charge >= 0.3 is 0 Å². The zero-order valence-electron chi connectivity index (χ0n) is 10.7. The number of H-pyrrole nitrogens is 1. The highest BCUT2D eigenvalue weighted by Crippen LogP contribution is 2.31. The zero-order chi connectivity index (χ0) is 13.4. The van der Waals surface area contributed by atoms with Crippen LogP contribution in [0.2, 0.25) is 0 Å². The Labute approximate surface area is 124 Å². The van der Waals surface area contributed by atoms with Crippen LogP contribution in [-0.2, 0) is 0 Å². The molecule has 0 amide bonds. The highest BCUT2D eigenvalue weighted by molar-refractivity contribution is 9.10. The van der Waals surface area contributed by atoms with E-state index < -0.39 is 0 Å². The van der Waals surface area contributed by atoms with E-state index in [9.17, 15) is 0 Å². The molecular formula is C14H14BrN3S. The Kier molecular flexibility index (Phi) is 3.33. The molecule has 0 saturated heterocycles. The molecule has 3 nitrogen and oxygen atoms in total. The Morgan fingerprint density at radius 3 is 2.95 bits per heavy atom. The highest BCUT2D eigenvalue weighted by Gasteiger charge is 2.11. The first-order valence-electron chi connectivity index (χ1n) is 6.09. The van der Waals surface area contributed by atoms with Gasteiger partial charge < -0.3 is 10.3 Å². The van der Waals surface area contributed by atoms with Crippen LogP contribution < -0.4 is 5.32 Å². The van der Waals surface area contributed by atoms with Crippen LogP contribution in [0.25, 0.3) is 11.0 Å². The van der Waals surface area contributed by atoms with Crippen LogP contribution in [0.3, 0.4) is 0 Å². The summed E-state index contributed by atoms with van der Waals surface area (Å²) in [6.07, 6.45) is 0. The monoisotopic (exact) mass is 335 g/mol. The Morgan fingerprint density at radius 2 is 2.21 bits per heavy atom. The molecule has 2 heterocycles. The van der Waals surface area contributed by atoms with Crippen molar-refractivity contribution in [2.24, 2.45) is 0 Å². The summed E-state index contributed by atoms with van der Waals surface area (Å²) in [5, 5.41) is 5.62. The van der Waals surface area contributed by atoms with Crippen LogP contribution >= 0.6 is 27.3 Å². The fourth-order valence-electron chi connectivity index (χ4n) is 2.16. The SMILES string of the molecule is Cc1nc2ccc(NC(C)c3sccc3Br)cc2[nH]1. The lowest BCUT2D eigenvalue weighted by Gasteiger charge is -2.14. The maximum atomic E-state index is 4.41. The van der Waals surface area contributed by atoms with Crippen LogP contribution in [0.5, 0.6) is 0 Å². The van der Waals surface area contributed by atoms with Crippen molar-refractivity contribution in [3.05, 3.63) is 44.8 Å². The maximum absolute atomic E-state index is 4.41. The fourth-order valence-corrected chi connectivity index (χ4v) is 3.88. The molecule has 1 unspecified atom stereocenters. The van der Waals surface area contributed by atoms with Crippen LogP contribution in [0.1, 0.15) is 23.7 Å². The van der Waals surface area contributed by atoms with Crippen molar-refractivity contribution >= 4 is 44.0 Å². The molecule has 98 valence electrons. The van der Waals surface area contributed by atoms with E-state index in [0.29, 0.717) is 0 Å². The molecule has 2 aromatic heterocycles. The van der Waals surface area contributed by atoms with Crippen LogP contribution in [0.15, 0.2) is 34.1 Å². The highest BCUT2D eigenvalue weighted by atomic mass is 79.9. The molecular weight excluding hydrogens is 322 g/mol. The molecule has 1 atom stereocenters. The number of halogens is 1. The first kappa shape index (κ1) is 12.7. The number of aryl methyl sites for hydroxylation is 1. The van der Waals surface area contributed by atoms with Crippen LogP contribution in [-0.4, -0.2) is 9.97 Å². The van der Waals surface area contributed by atoms with E-state index in [4.69, 9.17) is 0 Å². The quantitative estimate of drug-likeness (QED) is 0.716. The minimum atomic E-state index is 0.274. The number of fused-ring (bicyclic) bond motifs is 1. The molecule has 0 aliphatic rings. The number of hydrogen-bond donors (Lipinski definition) is 2. The van der Waals surface area contributed by atoms with Crippen LogP contribution in [0, 0.1) is 6.92 Å². The predicted molar refractivity (Wildman–Crippen MR) is 84.9 cm³/mol. The van der Waals surface area contributed by atoms with Gasteiger partial charge in [-0.05, 0) is 59.4 Å². The summed E-state index contributed by atoms with van der Waals surface area (Å²) in [5.41, 5.74) is 3.18. The largest absolute Gasteiger partial charge is 0.378 e. The predicted octanol–water partition coefficient (Wildman–Crippen LogP) is 4.87. The smallest absolute Gasteiger partial charge is 0.104 e. The lowest BCUT2D eigenvalue weighted by atomic mass is 10.2. The van der Waals surface area contributed by atoms with Crippen molar-refractivity contribution in [2.75, 3.05) is 5.32 Å². The number of imidazole rings is 1. The van der Waals surface area contributed by atoms with E-state index in [-0.39, 0.29) is 6.04 Å². The van der Waals surface area contributed by atoms with E-state index in [1.54, 1.807) is 11.3 Å². The summed E-state index contributed by atoms with van der Waals surface area (Å²) in [6, 6.07) is 8.57. The van der Waals surface area contributed by atoms with Gasteiger partial charge in [-0.3, -0.25) is 0 Å². The second-order valence-electron chi connectivity index (χ2n) is 4.55. The van der Waals surface area contributed by atoms with Crippen molar-refractivity contribution in [3.63, 3.8) is 0 Å². The van der Waals surface area contributed by atoms with E-state index >= 15 is 0 Å². The molecule has 0 spiro atoms. The van der Waals surface area contributed by atoms with Gasteiger partial charge in [0.1, 0.15) is 5.82 Å². The Hall–Kier alpha value is -1.33. The summed E-state index contributed by atoms with van der Waals surface area (Å²) in [6.45, 7) is 4.14. The van der Waals surface area contributed by atoms with Crippen LogP contribution in [0.4, 0.5) is 5.69 Å². The maximum Gasteiger partial charge on any atom is 0.104 e. The minimum Gasteiger partial charge on any atom is -0.378 e. The lowest BCUT2D eigenvalue weighted by molar-refractivity contribution is 0.903. The molecule has 19 heavy (non-hydrogen) atoms. The molecule has 3 rings (SSSR count). The average molecular weight is 336 g/mol. The van der Waals surface area contributed by atoms with Gasteiger partial charge in [0.25, 0.3) is 0 Å². The van der Waals surface area contributed by atoms with E-state index in [0.717, 1.165) is 27.0 Å². The first-order valence-corrected chi connectivity index (χ1v) is 7.76. The van der Waals surface area contributed by atoms with E-state index in [1.165, 1.54) is 4.88 Å². The topological polar surface area (TPSA) is 40.7 Å². The number of benzene rings is 1. The molecule has 2 N–H and O–H groups in total. The lowest BCUT2D eigenvalue weighted by Crippen LogP contribution is -2.05. The first-order chi connectivity index (χ1) is 9.13. The number of anilines is 1. The Morgan fingerprint density at radius 1 is 1.37 bits per heavy atom. The number of thiophene rings is 1. The Balaban J connectivity index is 1.86. The van der Waals surface area contributed by atoms with Gasteiger partial charge in [0.15, 0.2) is 0 Å². The van der Waals surface area contributed by atoms with Crippen molar-refractivity contribution in [3.8, 4) is 0 Å². The number of nitrogens with zero attached hydrogens (tertiary/aromatic N) is 1. The molecule has 0 aliphatic carbocycles. The summed E-state index contributed by atoms with van der Waals surface area (Å²) in [5.74, 6) is 0.946. The molecule has 0 fully saturated rings. The number of aromatic amines is 1. The molecule has 0 radical (unpaired) electrons. The summed E-state index contributed by atoms with van der Waals surface area (Å²) >= 11 is 5.33. The number of rotatable bonds is 3. The fraction of sp³-hybridized carbons (Fsp3) is 0.214. The Bertz CT molecular complexity index is 716. The molecule has 3 aromatic rings. The third-order valence-corrected chi connectivity index (χ3v) is 5.08. The van der Waals surface area contributed by atoms with Gasteiger partial charge in [-0.1, -0.05) is 0 Å². The van der Waals surface area contributed by atoms with Gasteiger partial charge in [0, 0.05) is 15.0 Å². The number of hydrogen-bond acceptors (Lipinski definition) is 3.